The van der Waals surface area contributed by atoms with E-state index in [0.29, 0.717) is 40.0 Å². The molecule has 3 aromatic rings. The molecule has 2 heterocycles. The standard InChI is InChI=1S/C21H25N3O4S2/c1-13(2)11-24-20(26)19-15(8-9-29-19)23-21(24)30-12-17(25)22-10-14-6-5-7-16(27-3)18(14)28-4/h5-9,13H,10-12H2,1-4H3,(H,22,25). The molecule has 0 radical (unpaired) electrons. The van der Waals surface area contributed by atoms with Crippen LogP contribution < -0.4 is 20.3 Å². The van der Waals surface area contributed by atoms with Gasteiger partial charge < -0.3 is 14.8 Å². The Morgan fingerprint density at radius 2 is 2.07 bits per heavy atom. The third-order valence-electron chi connectivity index (χ3n) is 4.37. The van der Waals surface area contributed by atoms with Gasteiger partial charge in [0.25, 0.3) is 5.56 Å². The molecule has 0 unspecified atom stereocenters. The first kappa shape index (κ1) is 22.2. The lowest BCUT2D eigenvalue weighted by Crippen LogP contribution is -2.27. The molecular formula is C21H25N3O4S2. The smallest absolute Gasteiger partial charge is 0.272 e. The maximum absolute atomic E-state index is 12.8. The predicted molar refractivity (Wildman–Crippen MR) is 121 cm³/mol. The van der Waals surface area contributed by atoms with Crippen molar-refractivity contribution in [2.75, 3.05) is 20.0 Å². The first-order valence-electron chi connectivity index (χ1n) is 9.52. The summed E-state index contributed by atoms with van der Waals surface area (Å²) in [7, 11) is 3.14. The zero-order valence-corrected chi connectivity index (χ0v) is 19.1. The Kier molecular flexibility index (Phi) is 7.38. The summed E-state index contributed by atoms with van der Waals surface area (Å²) in [5.41, 5.74) is 1.45. The van der Waals surface area contributed by atoms with Crippen molar-refractivity contribution in [1.82, 2.24) is 14.9 Å². The van der Waals surface area contributed by atoms with Crippen LogP contribution in [0, 0.1) is 5.92 Å². The summed E-state index contributed by atoms with van der Waals surface area (Å²) in [6.45, 7) is 4.97. The summed E-state index contributed by atoms with van der Waals surface area (Å²) in [4.78, 5) is 29.9. The van der Waals surface area contributed by atoms with Gasteiger partial charge in [-0.2, -0.15) is 0 Å². The molecule has 2 aromatic heterocycles. The van der Waals surface area contributed by atoms with Crippen LogP contribution in [0.15, 0.2) is 39.6 Å². The maximum Gasteiger partial charge on any atom is 0.272 e. The second-order valence-corrected chi connectivity index (χ2v) is 8.92. The highest BCUT2D eigenvalue weighted by atomic mass is 32.2. The topological polar surface area (TPSA) is 82.5 Å². The quantitative estimate of drug-likeness (QED) is 0.399. The van der Waals surface area contributed by atoms with Crippen molar-refractivity contribution in [2.24, 2.45) is 5.92 Å². The van der Waals surface area contributed by atoms with E-state index < -0.39 is 0 Å². The van der Waals surface area contributed by atoms with Crippen LogP contribution in [-0.2, 0) is 17.9 Å². The molecule has 0 aliphatic rings. The average molecular weight is 448 g/mol. The van der Waals surface area contributed by atoms with Gasteiger partial charge in [-0.1, -0.05) is 37.7 Å². The predicted octanol–water partition coefficient (Wildman–Crippen LogP) is 3.54. The molecule has 0 saturated carbocycles. The second kappa shape index (κ2) is 9.99. The van der Waals surface area contributed by atoms with E-state index in [2.05, 4.69) is 10.3 Å². The molecule has 30 heavy (non-hydrogen) atoms. The van der Waals surface area contributed by atoms with Crippen molar-refractivity contribution in [3.8, 4) is 11.5 Å². The van der Waals surface area contributed by atoms with Crippen LogP contribution in [0.5, 0.6) is 11.5 Å². The fourth-order valence-corrected chi connectivity index (χ4v) is 4.64. The van der Waals surface area contributed by atoms with Crippen molar-refractivity contribution >= 4 is 39.2 Å². The second-order valence-electron chi connectivity index (χ2n) is 7.06. The van der Waals surface area contributed by atoms with Crippen molar-refractivity contribution < 1.29 is 14.3 Å². The molecule has 0 saturated heterocycles. The van der Waals surface area contributed by atoms with E-state index in [1.165, 1.54) is 23.1 Å². The van der Waals surface area contributed by atoms with Gasteiger partial charge >= 0.3 is 0 Å². The minimum atomic E-state index is -0.152. The number of ether oxygens (including phenoxy) is 2. The summed E-state index contributed by atoms with van der Waals surface area (Å²) in [5.74, 6) is 1.51. The van der Waals surface area contributed by atoms with Crippen LogP contribution in [0.2, 0.25) is 0 Å². The first-order chi connectivity index (χ1) is 14.4. The molecule has 0 atom stereocenters. The molecule has 7 nitrogen and oxygen atoms in total. The number of hydrogen-bond acceptors (Lipinski definition) is 7. The summed E-state index contributed by atoms with van der Waals surface area (Å²) in [6.07, 6.45) is 0. The number of benzene rings is 1. The highest BCUT2D eigenvalue weighted by Crippen LogP contribution is 2.30. The Bertz CT molecular complexity index is 1090. The van der Waals surface area contributed by atoms with Crippen molar-refractivity contribution in [1.29, 1.82) is 0 Å². The van der Waals surface area contributed by atoms with E-state index >= 15 is 0 Å². The number of para-hydroxylation sites is 1. The SMILES string of the molecule is COc1cccc(CNC(=O)CSc2nc3ccsc3c(=O)n2CC(C)C)c1OC. The Labute approximate surface area is 183 Å². The van der Waals surface area contributed by atoms with E-state index in [1.807, 2.05) is 37.4 Å². The lowest BCUT2D eigenvalue weighted by molar-refractivity contribution is -0.118. The number of carbonyl (C=O) groups excluding carboxylic acids is 1. The van der Waals surface area contributed by atoms with Crippen molar-refractivity contribution in [2.45, 2.75) is 32.1 Å². The minimum absolute atomic E-state index is 0.0484. The van der Waals surface area contributed by atoms with Gasteiger partial charge in [0.05, 0.1) is 25.5 Å². The molecular weight excluding hydrogens is 422 g/mol. The molecule has 1 aromatic carbocycles. The van der Waals surface area contributed by atoms with Crippen molar-refractivity contribution in [3.05, 3.63) is 45.6 Å². The molecule has 3 rings (SSSR count). The van der Waals surface area contributed by atoms with E-state index in [9.17, 15) is 9.59 Å². The Morgan fingerprint density at radius 1 is 1.27 bits per heavy atom. The number of thiophene rings is 1. The first-order valence-corrected chi connectivity index (χ1v) is 11.4. The van der Waals surface area contributed by atoms with Gasteiger partial charge in [0.2, 0.25) is 5.91 Å². The maximum atomic E-state index is 12.8. The van der Waals surface area contributed by atoms with Gasteiger partial charge in [-0.05, 0) is 23.4 Å². The number of hydrogen-bond donors (Lipinski definition) is 1. The number of amides is 1. The number of nitrogens with one attached hydrogen (secondary N) is 1. The number of methoxy groups -OCH3 is 2. The molecule has 0 spiro atoms. The zero-order valence-electron chi connectivity index (χ0n) is 17.4. The lowest BCUT2D eigenvalue weighted by Gasteiger charge is -2.14. The van der Waals surface area contributed by atoms with Crippen LogP contribution >= 0.6 is 23.1 Å². The fraction of sp³-hybridized carbons (Fsp3) is 0.381. The molecule has 1 amide bonds. The summed E-state index contributed by atoms with van der Waals surface area (Å²) in [6, 6.07) is 7.36. The van der Waals surface area contributed by atoms with Crippen LogP contribution in [0.3, 0.4) is 0 Å². The summed E-state index contributed by atoms with van der Waals surface area (Å²) >= 11 is 2.66. The molecule has 0 aliphatic carbocycles. The van der Waals surface area contributed by atoms with Crippen LogP contribution in [0.25, 0.3) is 10.2 Å². The number of rotatable bonds is 9. The van der Waals surface area contributed by atoms with Gasteiger partial charge in [0, 0.05) is 18.7 Å². The molecule has 9 heteroatoms. The number of carbonyl (C=O) groups is 1. The largest absolute Gasteiger partial charge is 0.493 e. The van der Waals surface area contributed by atoms with Gasteiger partial charge in [0.15, 0.2) is 16.7 Å². The Hall–Kier alpha value is -2.52. The van der Waals surface area contributed by atoms with Gasteiger partial charge in [-0.15, -0.1) is 11.3 Å². The lowest BCUT2D eigenvalue weighted by atomic mass is 10.2. The van der Waals surface area contributed by atoms with E-state index in [4.69, 9.17) is 9.47 Å². The number of thioether (sulfide) groups is 1. The molecule has 1 N–H and O–H groups in total. The number of aromatic nitrogens is 2. The highest BCUT2D eigenvalue weighted by molar-refractivity contribution is 7.99. The van der Waals surface area contributed by atoms with Gasteiger partial charge in [-0.25, -0.2) is 4.98 Å². The number of nitrogens with zero attached hydrogens (tertiary/aromatic N) is 2. The fourth-order valence-electron chi connectivity index (χ4n) is 3.03. The van der Waals surface area contributed by atoms with Crippen molar-refractivity contribution in [3.63, 3.8) is 0 Å². The van der Waals surface area contributed by atoms with Gasteiger partial charge in [-0.3, -0.25) is 14.2 Å². The normalized spacial score (nSPS) is 11.1. The summed E-state index contributed by atoms with van der Waals surface area (Å²) in [5, 5.41) is 5.32. The zero-order chi connectivity index (χ0) is 21.7. The van der Waals surface area contributed by atoms with Crippen LogP contribution in [0.1, 0.15) is 19.4 Å². The van der Waals surface area contributed by atoms with E-state index in [-0.39, 0.29) is 23.1 Å². The van der Waals surface area contributed by atoms with Gasteiger partial charge in [0.1, 0.15) is 4.70 Å². The Morgan fingerprint density at radius 3 is 2.77 bits per heavy atom. The average Bonchev–Trinajstić information content (AvgIpc) is 3.21. The highest BCUT2D eigenvalue weighted by Gasteiger charge is 2.16. The Balaban J connectivity index is 1.71. The van der Waals surface area contributed by atoms with E-state index in [1.54, 1.807) is 24.9 Å². The molecule has 160 valence electrons. The van der Waals surface area contributed by atoms with E-state index in [0.717, 1.165) is 5.56 Å². The molecule has 0 aliphatic heterocycles. The van der Waals surface area contributed by atoms with Crippen LogP contribution in [0.4, 0.5) is 0 Å². The number of fused-ring (bicyclic) bond motifs is 1. The molecule has 0 fully saturated rings. The van der Waals surface area contributed by atoms with Crippen LogP contribution in [-0.4, -0.2) is 35.4 Å². The third kappa shape index (κ3) is 4.96. The summed E-state index contributed by atoms with van der Waals surface area (Å²) < 4.78 is 13.0. The third-order valence-corrected chi connectivity index (χ3v) is 6.24. The monoisotopic (exact) mass is 447 g/mol. The molecule has 0 bridgehead atoms. The minimum Gasteiger partial charge on any atom is -0.493 e.